The van der Waals surface area contributed by atoms with E-state index in [1.165, 1.54) is 12.1 Å². The summed E-state index contributed by atoms with van der Waals surface area (Å²) in [6, 6.07) is 11.3. The van der Waals surface area contributed by atoms with E-state index in [4.69, 9.17) is 0 Å². The Kier molecular flexibility index (Phi) is 4.21. The van der Waals surface area contributed by atoms with Crippen LogP contribution in [0, 0.1) is 15.5 Å². The molecule has 0 radical (unpaired) electrons. The Bertz CT molecular complexity index is 1250. The topological polar surface area (TPSA) is 116 Å². The molecule has 2 aliphatic rings. The Hall–Kier alpha value is -3.88. The number of nitro benzene ring substituents is 1. The first-order valence-electron chi connectivity index (χ1n) is 9.98. The molecular weight excluding hydrogens is 396 g/mol. The fourth-order valence-electron chi connectivity index (χ4n) is 4.30. The number of fused-ring (bicyclic) bond motifs is 1. The van der Waals surface area contributed by atoms with Crippen molar-refractivity contribution in [2.24, 2.45) is 5.41 Å². The average Bonchev–Trinajstić information content (AvgIpc) is 3.16. The molecule has 0 saturated heterocycles. The van der Waals surface area contributed by atoms with Gasteiger partial charge in [0.15, 0.2) is 11.6 Å². The number of hydrogen-bond acceptors (Lipinski definition) is 7. The normalized spacial score (nSPS) is 19.4. The molecule has 1 aromatic carbocycles. The van der Waals surface area contributed by atoms with Crippen molar-refractivity contribution >= 4 is 17.4 Å². The first-order chi connectivity index (χ1) is 14.8. The van der Waals surface area contributed by atoms with Gasteiger partial charge in [-0.25, -0.2) is 4.68 Å². The zero-order chi connectivity index (χ0) is 21.8. The molecule has 5 rings (SSSR count). The summed E-state index contributed by atoms with van der Waals surface area (Å²) in [5.41, 5.74) is 2.52. The van der Waals surface area contributed by atoms with Gasteiger partial charge in [-0.3, -0.25) is 19.9 Å². The maximum Gasteiger partial charge on any atom is 0.270 e. The summed E-state index contributed by atoms with van der Waals surface area (Å²) in [5, 5.41) is 19.1. The molecule has 1 aliphatic heterocycles. The van der Waals surface area contributed by atoms with Gasteiger partial charge < -0.3 is 5.32 Å². The lowest BCUT2D eigenvalue weighted by atomic mass is 9.73. The third-order valence-electron chi connectivity index (χ3n) is 5.62. The molecule has 0 saturated carbocycles. The number of aromatic nitrogens is 4. The number of hydrogen-bond donors (Lipinski definition) is 1. The van der Waals surface area contributed by atoms with E-state index in [9.17, 15) is 14.9 Å². The molecule has 31 heavy (non-hydrogen) atoms. The minimum absolute atomic E-state index is 0.0335. The van der Waals surface area contributed by atoms with E-state index in [1.807, 2.05) is 18.2 Å². The Morgan fingerprint density at radius 3 is 2.77 bits per heavy atom. The molecule has 0 amide bonds. The van der Waals surface area contributed by atoms with Gasteiger partial charge in [0.1, 0.15) is 6.04 Å². The summed E-state index contributed by atoms with van der Waals surface area (Å²) in [6.07, 6.45) is 2.84. The molecule has 3 aromatic rings. The number of pyridine rings is 1. The van der Waals surface area contributed by atoms with Gasteiger partial charge in [0, 0.05) is 41.6 Å². The average molecular weight is 416 g/mol. The molecule has 2 aromatic heterocycles. The van der Waals surface area contributed by atoms with Crippen LogP contribution in [0.15, 0.2) is 59.9 Å². The van der Waals surface area contributed by atoms with Crippen LogP contribution in [0.1, 0.15) is 38.4 Å². The van der Waals surface area contributed by atoms with Crippen molar-refractivity contribution in [2.75, 3.05) is 5.32 Å². The van der Waals surface area contributed by atoms with Gasteiger partial charge in [0.25, 0.3) is 5.69 Å². The fraction of sp³-hybridized carbons (Fsp3) is 0.273. The third kappa shape index (κ3) is 3.27. The SMILES string of the molecule is CC1(C)CC(=O)C2=C(C1)Nc1nc(-c3cccc([N+](=O)[O-])c3)nn1C2c1ccccn1. The van der Waals surface area contributed by atoms with Gasteiger partial charge in [-0.05, 0) is 24.0 Å². The zero-order valence-electron chi connectivity index (χ0n) is 17.1. The van der Waals surface area contributed by atoms with Gasteiger partial charge in [-0.1, -0.05) is 32.0 Å². The van der Waals surface area contributed by atoms with E-state index in [-0.39, 0.29) is 16.9 Å². The molecule has 9 nitrogen and oxygen atoms in total. The molecular formula is C22H20N6O3. The number of benzene rings is 1. The summed E-state index contributed by atoms with van der Waals surface area (Å²) >= 11 is 0. The standard InChI is InChI=1S/C22H20N6O3/c1-22(2)11-16-18(17(29)12-22)19(15-8-3-4-9-23-15)27-21(24-16)25-20(26-27)13-6-5-7-14(10-13)28(30)31/h3-10,19H,11-12H2,1-2H3,(H,24,25,26). The fourth-order valence-corrected chi connectivity index (χ4v) is 4.30. The highest BCUT2D eigenvalue weighted by Gasteiger charge is 2.42. The smallest absolute Gasteiger partial charge is 0.270 e. The second-order valence-electron chi connectivity index (χ2n) is 8.63. The van der Waals surface area contributed by atoms with Crippen LogP contribution < -0.4 is 5.32 Å². The van der Waals surface area contributed by atoms with Crippen LogP contribution in [-0.2, 0) is 4.79 Å². The summed E-state index contributed by atoms with van der Waals surface area (Å²) in [4.78, 5) is 33.0. The second kappa shape index (κ2) is 6.83. The van der Waals surface area contributed by atoms with Crippen LogP contribution in [0.4, 0.5) is 11.6 Å². The zero-order valence-corrected chi connectivity index (χ0v) is 17.1. The van der Waals surface area contributed by atoms with Crippen LogP contribution in [-0.4, -0.2) is 30.5 Å². The van der Waals surface area contributed by atoms with Gasteiger partial charge in [0.2, 0.25) is 5.95 Å². The van der Waals surface area contributed by atoms with Crippen molar-refractivity contribution in [3.05, 3.63) is 75.7 Å². The summed E-state index contributed by atoms with van der Waals surface area (Å²) in [7, 11) is 0. The van der Waals surface area contributed by atoms with E-state index in [0.717, 1.165) is 5.70 Å². The number of nitro groups is 1. The minimum Gasteiger partial charge on any atom is -0.328 e. The van der Waals surface area contributed by atoms with E-state index < -0.39 is 11.0 Å². The Labute approximate surface area is 178 Å². The number of Topliss-reactive ketones (excluding diaryl/α,β-unsaturated/α-hetero) is 1. The molecule has 0 fully saturated rings. The predicted molar refractivity (Wildman–Crippen MR) is 113 cm³/mol. The van der Waals surface area contributed by atoms with Crippen molar-refractivity contribution in [3.8, 4) is 11.4 Å². The number of allylic oxidation sites excluding steroid dienone is 2. The summed E-state index contributed by atoms with van der Waals surface area (Å²) < 4.78 is 1.66. The monoisotopic (exact) mass is 416 g/mol. The van der Waals surface area contributed by atoms with Crippen molar-refractivity contribution in [1.82, 2.24) is 19.7 Å². The molecule has 9 heteroatoms. The van der Waals surface area contributed by atoms with Gasteiger partial charge >= 0.3 is 0 Å². The molecule has 0 spiro atoms. The van der Waals surface area contributed by atoms with Crippen LogP contribution in [0.25, 0.3) is 11.4 Å². The first kappa shape index (κ1) is 19.1. The molecule has 156 valence electrons. The van der Waals surface area contributed by atoms with Crippen molar-refractivity contribution in [1.29, 1.82) is 0 Å². The highest BCUT2D eigenvalue weighted by Crippen LogP contribution is 2.45. The highest BCUT2D eigenvalue weighted by molar-refractivity contribution is 6.00. The number of rotatable bonds is 3. The first-order valence-corrected chi connectivity index (χ1v) is 9.98. The molecule has 1 atom stereocenters. The number of ketones is 1. The molecule has 1 aliphatic carbocycles. The van der Waals surface area contributed by atoms with Crippen molar-refractivity contribution in [3.63, 3.8) is 0 Å². The summed E-state index contributed by atoms with van der Waals surface area (Å²) in [5.74, 6) is 0.896. The van der Waals surface area contributed by atoms with Crippen molar-refractivity contribution in [2.45, 2.75) is 32.7 Å². The molecule has 1 N–H and O–H groups in total. The number of nitrogens with zero attached hydrogens (tertiary/aromatic N) is 5. The molecule has 3 heterocycles. The van der Waals surface area contributed by atoms with E-state index in [1.54, 1.807) is 23.0 Å². The Morgan fingerprint density at radius 1 is 1.19 bits per heavy atom. The van der Waals surface area contributed by atoms with E-state index >= 15 is 0 Å². The molecule has 0 bridgehead atoms. The lowest BCUT2D eigenvalue weighted by Gasteiger charge is -2.37. The predicted octanol–water partition coefficient (Wildman–Crippen LogP) is 3.91. The van der Waals surface area contributed by atoms with Crippen LogP contribution >= 0.6 is 0 Å². The van der Waals surface area contributed by atoms with Gasteiger partial charge in [0.05, 0.1) is 10.6 Å². The van der Waals surface area contributed by atoms with Crippen LogP contribution in [0.3, 0.4) is 0 Å². The number of non-ortho nitro benzene ring substituents is 1. The number of anilines is 1. The second-order valence-corrected chi connectivity index (χ2v) is 8.63. The largest absolute Gasteiger partial charge is 0.328 e. The lowest BCUT2D eigenvalue weighted by Crippen LogP contribution is -2.36. The third-order valence-corrected chi connectivity index (χ3v) is 5.62. The van der Waals surface area contributed by atoms with E-state index in [2.05, 4.69) is 34.2 Å². The minimum atomic E-state index is -0.504. The quantitative estimate of drug-likeness (QED) is 0.508. The summed E-state index contributed by atoms with van der Waals surface area (Å²) in [6.45, 7) is 4.14. The van der Waals surface area contributed by atoms with Gasteiger partial charge in [-0.2, -0.15) is 4.98 Å². The number of carbonyl (C=O) groups is 1. The Balaban J connectivity index is 1.66. The number of nitrogens with one attached hydrogen (secondary N) is 1. The lowest BCUT2D eigenvalue weighted by molar-refractivity contribution is -0.384. The maximum absolute atomic E-state index is 13.2. The van der Waals surface area contributed by atoms with E-state index in [0.29, 0.717) is 41.4 Å². The van der Waals surface area contributed by atoms with Gasteiger partial charge in [-0.15, -0.1) is 5.10 Å². The molecule has 1 unspecified atom stereocenters. The van der Waals surface area contributed by atoms with Crippen LogP contribution in [0.2, 0.25) is 0 Å². The van der Waals surface area contributed by atoms with Crippen molar-refractivity contribution < 1.29 is 9.72 Å². The number of carbonyl (C=O) groups excluding carboxylic acids is 1. The highest BCUT2D eigenvalue weighted by atomic mass is 16.6. The van der Waals surface area contributed by atoms with Crippen LogP contribution in [0.5, 0.6) is 0 Å². The Morgan fingerprint density at radius 2 is 2.03 bits per heavy atom. The maximum atomic E-state index is 13.2.